The third-order valence-corrected chi connectivity index (χ3v) is 3.13. The van der Waals surface area contributed by atoms with Crippen LogP contribution in [0.2, 0.25) is 10.0 Å². The summed E-state index contributed by atoms with van der Waals surface area (Å²) in [5.41, 5.74) is 0.266. The molecule has 0 atom stereocenters. The van der Waals surface area contributed by atoms with Crippen LogP contribution in [0, 0.1) is 10.1 Å². The van der Waals surface area contributed by atoms with Crippen LogP contribution in [0.25, 0.3) is 0 Å². The van der Waals surface area contributed by atoms with E-state index < -0.39 is 4.92 Å². The molecular formula is C12H8Cl2N2O3. The number of hydrogen-bond acceptors (Lipinski definition) is 4. The first-order valence-electron chi connectivity index (χ1n) is 5.17. The molecule has 0 fully saturated rings. The first-order valence-corrected chi connectivity index (χ1v) is 5.93. The number of nitrogens with zero attached hydrogens (tertiary/aromatic N) is 1. The molecule has 0 aliphatic carbocycles. The van der Waals surface area contributed by atoms with Crippen LogP contribution in [0.3, 0.4) is 0 Å². The van der Waals surface area contributed by atoms with Gasteiger partial charge in [-0.3, -0.25) is 10.1 Å². The molecule has 0 amide bonds. The van der Waals surface area contributed by atoms with Gasteiger partial charge in [-0.25, -0.2) is 0 Å². The van der Waals surface area contributed by atoms with Gasteiger partial charge in [0.15, 0.2) is 0 Å². The summed E-state index contributed by atoms with van der Waals surface area (Å²) in [5, 5.41) is 23.6. The van der Waals surface area contributed by atoms with E-state index in [1.807, 2.05) is 0 Å². The van der Waals surface area contributed by atoms with Gasteiger partial charge in [0, 0.05) is 6.07 Å². The Morgan fingerprint density at radius 1 is 1.11 bits per heavy atom. The van der Waals surface area contributed by atoms with Crippen LogP contribution >= 0.6 is 23.2 Å². The van der Waals surface area contributed by atoms with Crippen LogP contribution in [0.4, 0.5) is 17.1 Å². The zero-order chi connectivity index (χ0) is 14.0. The standard InChI is InChI=1S/C12H8Cl2N2O3/c13-7-5-10(11(16(18)19)6-8(7)14)15-9-3-1-2-4-12(9)17/h1-6,15,17H. The van der Waals surface area contributed by atoms with Crippen molar-refractivity contribution in [2.24, 2.45) is 0 Å². The molecular weight excluding hydrogens is 291 g/mol. The molecule has 0 aromatic heterocycles. The van der Waals surface area contributed by atoms with Gasteiger partial charge < -0.3 is 10.4 Å². The fourth-order valence-electron chi connectivity index (χ4n) is 1.51. The van der Waals surface area contributed by atoms with Crippen molar-refractivity contribution >= 4 is 40.3 Å². The van der Waals surface area contributed by atoms with Gasteiger partial charge in [-0.15, -0.1) is 0 Å². The molecule has 7 heteroatoms. The second-order valence-corrected chi connectivity index (χ2v) is 4.50. The topological polar surface area (TPSA) is 75.4 Å². The third kappa shape index (κ3) is 2.89. The molecule has 2 rings (SSSR count). The molecule has 0 bridgehead atoms. The number of halogens is 2. The van der Waals surface area contributed by atoms with Crippen molar-refractivity contribution in [2.45, 2.75) is 0 Å². The summed E-state index contributed by atoms with van der Waals surface area (Å²) in [5.74, 6) is -0.0251. The Morgan fingerprint density at radius 3 is 2.37 bits per heavy atom. The summed E-state index contributed by atoms with van der Waals surface area (Å²) in [6.45, 7) is 0. The summed E-state index contributed by atoms with van der Waals surface area (Å²) < 4.78 is 0. The van der Waals surface area contributed by atoms with Crippen LogP contribution in [0.5, 0.6) is 5.75 Å². The quantitative estimate of drug-likeness (QED) is 0.502. The first kappa shape index (κ1) is 13.5. The highest BCUT2D eigenvalue weighted by Gasteiger charge is 2.17. The van der Waals surface area contributed by atoms with E-state index in [-0.39, 0.29) is 27.2 Å². The number of nitro benzene ring substituents is 1. The molecule has 0 saturated heterocycles. The molecule has 0 aliphatic heterocycles. The molecule has 2 N–H and O–H groups in total. The van der Waals surface area contributed by atoms with Gasteiger partial charge in [-0.1, -0.05) is 35.3 Å². The second kappa shape index (κ2) is 5.34. The van der Waals surface area contributed by atoms with Crippen LogP contribution < -0.4 is 5.32 Å². The van der Waals surface area contributed by atoms with Gasteiger partial charge in [-0.05, 0) is 18.2 Å². The van der Waals surface area contributed by atoms with Crippen LogP contribution in [0.1, 0.15) is 0 Å². The minimum absolute atomic E-state index is 0.0251. The number of benzene rings is 2. The average Bonchev–Trinajstić information content (AvgIpc) is 2.36. The number of hydrogen-bond donors (Lipinski definition) is 2. The van der Waals surface area contributed by atoms with Crippen molar-refractivity contribution < 1.29 is 10.0 Å². The van der Waals surface area contributed by atoms with Gasteiger partial charge in [0.1, 0.15) is 11.4 Å². The maximum absolute atomic E-state index is 11.0. The average molecular weight is 299 g/mol. The maximum atomic E-state index is 11.0. The largest absolute Gasteiger partial charge is 0.506 e. The predicted molar refractivity (Wildman–Crippen MR) is 74.5 cm³/mol. The lowest BCUT2D eigenvalue weighted by Crippen LogP contribution is -1.97. The number of para-hydroxylation sites is 2. The lowest BCUT2D eigenvalue weighted by atomic mass is 10.2. The molecule has 0 saturated carbocycles. The van der Waals surface area contributed by atoms with E-state index in [1.54, 1.807) is 18.2 Å². The Labute approximate surface area is 118 Å². The van der Waals surface area contributed by atoms with Crippen LogP contribution in [-0.2, 0) is 0 Å². The number of phenols is 1. The van der Waals surface area contributed by atoms with Crippen molar-refractivity contribution in [3.05, 3.63) is 56.6 Å². The van der Waals surface area contributed by atoms with Crippen molar-refractivity contribution in [1.82, 2.24) is 0 Å². The lowest BCUT2D eigenvalue weighted by Gasteiger charge is -2.09. The van der Waals surface area contributed by atoms with Crippen molar-refractivity contribution in [3.63, 3.8) is 0 Å². The van der Waals surface area contributed by atoms with Gasteiger partial charge in [0.25, 0.3) is 5.69 Å². The van der Waals surface area contributed by atoms with E-state index in [0.717, 1.165) is 6.07 Å². The molecule has 19 heavy (non-hydrogen) atoms. The van der Waals surface area contributed by atoms with E-state index in [4.69, 9.17) is 23.2 Å². The summed E-state index contributed by atoms with van der Waals surface area (Å²) >= 11 is 11.6. The van der Waals surface area contributed by atoms with Gasteiger partial charge in [0.05, 0.1) is 20.7 Å². The van der Waals surface area contributed by atoms with E-state index in [9.17, 15) is 15.2 Å². The molecule has 0 radical (unpaired) electrons. The van der Waals surface area contributed by atoms with Gasteiger partial charge >= 0.3 is 0 Å². The third-order valence-electron chi connectivity index (χ3n) is 2.41. The van der Waals surface area contributed by atoms with Crippen LogP contribution in [-0.4, -0.2) is 10.0 Å². The Hall–Kier alpha value is -1.98. The number of anilines is 2. The van der Waals surface area contributed by atoms with Gasteiger partial charge in [0.2, 0.25) is 0 Å². The Balaban J connectivity index is 2.48. The SMILES string of the molecule is O=[N+]([O-])c1cc(Cl)c(Cl)cc1Nc1ccccc1O. The highest BCUT2D eigenvalue weighted by molar-refractivity contribution is 6.42. The van der Waals surface area contributed by atoms with E-state index in [0.29, 0.717) is 5.69 Å². The minimum atomic E-state index is -0.579. The van der Waals surface area contributed by atoms with E-state index in [1.165, 1.54) is 12.1 Å². The number of phenolic OH excluding ortho intramolecular Hbond substituents is 1. The summed E-state index contributed by atoms with van der Waals surface area (Å²) in [6.07, 6.45) is 0. The zero-order valence-electron chi connectivity index (χ0n) is 9.43. The Kier molecular flexibility index (Phi) is 3.78. The molecule has 2 aromatic carbocycles. The Bertz CT molecular complexity index is 647. The van der Waals surface area contributed by atoms with Gasteiger partial charge in [-0.2, -0.15) is 0 Å². The van der Waals surface area contributed by atoms with Crippen molar-refractivity contribution in [2.75, 3.05) is 5.32 Å². The predicted octanol–water partition coefficient (Wildman–Crippen LogP) is 4.35. The highest BCUT2D eigenvalue weighted by Crippen LogP contribution is 2.37. The van der Waals surface area contributed by atoms with Crippen molar-refractivity contribution in [1.29, 1.82) is 0 Å². The molecule has 0 aliphatic rings. The van der Waals surface area contributed by atoms with E-state index >= 15 is 0 Å². The number of nitrogens with one attached hydrogen (secondary N) is 1. The van der Waals surface area contributed by atoms with E-state index in [2.05, 4.69) is 5.32 Å². The molecule has 0 heterocycles. The normalized spacial score (nSPS) is 10.2. The first-order chi connectivity index (χ1) is 8.99. The molecule has 2 aromatic rings. The monoisotopic (exact) mass is 298 g/mol. The fraction of sp³-hybridized carbons (Fsp3) is 0. The fourth-order valence-corrected chi connectivity index (χ4v) is 1.83. The Morgan fingerprint density at radius 2 is 1.74 bits per heavy atom. The molecule has 5 nitrogen and oxygen atoms in total. The highest BCUT2D eigenvalue weighted by atomic mass is 35.5. The summed E-state index contributed by atoms with van der Waals surface area (Å²) in [7, 11) is 0. The number of nitro groups is 1. The number of rotatable bonds is 3. The van der Waals surface area contributed by atoms with Crippen LogP contribution in [0.15, 0.2) is 36.4 Å². The minimum Gasteiger partial charge on any atom is -0.506 e. The lowest BCUT2D eigenvalue weighted by molar-refractivity contribution is -0.383. The molecule has 0 spiro atoms. The molecule has 98 valence electrons. The molecule has 0 unspecified atom stereocenters. The smallest absolute Gasteiger partial charge is 0.294 e. The number of aromatic hydroxyl groups is 1. The second-order valence-electron chi connectivity index (χ2n) is 3.68. The maximum Gasteiger partial charge on any atom is 0.294 e. The van der Waals surface area contributed by atoms with Crippen molar-refractivity contribution in [3.8, 4) is 5.75 Å². The summed E-state index contributed by atoms with van der Waals surface area (Å²) in [6, 6.07) is 8.88. The zero-order valence-corrected chi connectivity index (χ0v) is 10.9. The summed E-state index contributed by atoms with van der Waals surface area (Å²) in [4.78, 5) is 10.4.